The van der Waals surface area contributed by atoms with Crippen molar-refractivity contribution in [2.75, 3.05) is 11.1 Å². The summed E-state index contributed by atoms with van der Waals surface area (Å²) in [6.07, 6.45) is 1.07. The number of ether oxygens (including phenoxy) is 1. The minimum absolute atomic E-state index is 0.00153. The van der Waals surface area contributed by atoms with E-state index in [1.165, 1.54) is 24.4 Å². The number of halogens is 3. The van der Waals surface area contributed by atoms with Crippen LogP contribution in [0.2, 0.25) is 0 Å². The Bertz CT molecular complexity index is 1260. The van der Waals surface area contributed by atoms with Gasteiger partial charge in [0.05, 0.1) is 17.6 Å². The van der Waals surface area contributed by atoms with E-state index in [1.54, 1.807) is 0 Å². The van der Waals surface area contributed by atoms with Gasteiger partial charge in [-0.2, -0.15) is 0 Å². The first-order valence-corrected chi connectivity index (χ1v) is 11.8. The maximum Gasteiger partial charge on any atom is 0.407 e. The Morgan fingerprint density at radius 2 is 1.81 bits per heavy atom. The van der Waals surface area contributed by atoms with Crippen LogP contribution in [0.3, 0.4) is 0 Å². The molecule has 2 aromatic heterocycles. The van der Waals surface area contributed by atoms with Crippen LogP contribution in [0.1, 0.15) is 58.4 Å². The zero-order chi connectivity index (χ0) is 26.0. The van der Waals surface area contributed by atoms with Gasteiger partial charge in [-0.25, -0.2) is 32.9 Å². The van der Waals surface area contributed by atoms with Crippen LogP contribution in [0, 0.1) is 5.82 Å². The van der Waals surface area contributed by atoms with E-state index in [0.29, 0.717) is 5.56 Å². The molecule has 0 spiro atoms. The van der Waals surface area contributed by atoms with E-state index >= 15 is 0 Å². The number of carbonyl (C=O) groups excluding carboxylic acids is 1. The third-order valence-corrected chi connectivity index (χ3v) is 5.89. The Morgan fingerprint density at radius 3 is 2.44 bits per heavy atom. The molecule has 1 fully saturated rings. The second-order valence-electron chi connectivity index (χ2n) is 9.90. The lowest BCUT2D eigenvalue weighted by molar-refractivity contribution is 0.0492. The van der Waals surface area contributed by atoms with E-state index in [2.05, 4.69) is 25.6 Å². The van der Waals surface area contributed by atoms with E-state index in [4.69, 9.17) is 10.5 Å². The number of nitrogens with one attached hydrogen (secondary N) is 2. The van der Waals surface area contributed by atoms with E-state index in [9.17, 15) is 18.0 Å². The molecule has 1 saturated carbocycles. The van der Waals surface area contributed by atoms with Crippen molar-refractivity contribution in [3.8, 4) is 11.3 Å². The summed E-state index contributed by atoms with van der Waals surface area (Å²) in [4.78, 5) is 24.9. The Balaban J connectivity index is 1.47. The van der Waals surface area contributed by atoms with Crippen molar-refractivity contribution >= 4 is 28.8 Å². The molecule has 8 nitrogen and oxygen atoms in total. The maximum absolute atomic E-state index is 13.9. The molecule has 2 heterocycles. The summed E-state index contributed by atoms with van der Waals surface area (Å²) in [5.41, 5.74) is 5.30. The van der Waals surface area contributed by atoms with Crippen LogP contribution in [0.15, 0.2) is 30.5 Å². The number of rotatable bonds is 5. The molecule has 4 N–H and O–H groups in total. The second-order valence-corrected chi connectivity index (χ2v) is 9.90. The molecular formula is C25H29F3N6O2. The number of nitrogens with two attached hydrogens (primary N) is 1. The number of amides is 1. The van der Waals surface area contributed by atoms with Crippen molar-refractivity contribution in [1.29, 1.82) is 0 Å². The van der Waals surface area contributed by atoms with Crippen molar-refractivity contribution in [3.63, 3.8) is 0 Å². The summed E-state index contributed by atoms with van der Waals surface area (Å²) >= 11 is 0. The smallest absolute Gasteiger partial charge is 0.407 e. The standard InChI is InChI=1S/C25H29F3N6O2/c1-25(2,3)36-24(35)32-15-7-5-14(6-8-15)31-23-30-12-20-21(34-23)16(22(27)28)11-19(33-20)13-4-9-18(29)17(26)10-13/h4,9-12,14-15,22H,5-8,29H2,1-3H3,(H,32,35)(H,30,31,34). The predicted octanol–water partition coefficient (Wildman–Crippen LogP) is 5.60. The first kappa shape index (κ1) is 25.5. The molecule has 0 saturated heterocycles. The van der Waals surface area contributed by atoms with Gasteiger partial charge >= 0.3 is 6.09 Å². The third-order valence-electron chi connectivity index (χ3n) is 5.89. The fourth-order valence-corrected chi connectivity index (χ4v) is 4.16. The highest BCUT2D eigenvalue weighted by Gasteiger charge is 2.25. The molecule has 36 heavy (non-hydrogen) atoms. The maximum atomic E-state index is 13.9. The molecule has 192 valence electrons. The number of carbonyl (C=O) groups is 1. The van der Waals surface area contributed by atoms with Crippen LogP contribution in [0.5, 0.6) is 0 Å². The number of aromatic nitrogens is 3. The zero-order valence-electron chi connectivity index (χ0n) is 20.3. The number of alkyl halides is 2. The second kappa shape index (κ2) is 10.2. The Kier molecular flexibility index (Phi) is 7.18. The summed E-state index contributed by atoms with van der Waals surface area (Å²) in [6.45, 7) is 5.43. The first-order chi connectivity index (χ1) is 17.0. The van der Waals surface area contributed by atoms with Crippen molar-refractivity contribution in [2.24, 2.45) is 0 Å². The predicted molar refractivity (Wildman–Crippen MR) is 131 cm³/mol. The van der Waals surface area contributed by atoms with Gasteiger partial charge in [-0.1, -0.05) is 6.07 Å². The van der Waals surface area contributed by atoms with Crippen molar-refractivity contribution in [2.45, 2.75) is 70.6 Å². The van der Waals surface area contributed by atoms with Crippen molar-refractivity contribution in [1.82, 2.24) is 20.3 Å². The molecule has 1 aromatic carbocycles. The van der Waals surface area contributed by atoms with Gasteiger partial charge in [0, 0.05) is 23.2 Å². The Hall–Kier alpha value is -3.63. The number of fused-ring (bicyclic) bond motifs is 1. The van der Waals surface area contributed by atoms with Crippen molar-refractivity contribution in [3.05, 3.63) is 41.8 Å². The van der Waals surface area contributed by atoms with Gasteiger partial charge < -0.3 is 21.1 Å². The fourth-order valence-electron chi connectivity index (χ4n) is 4.16. The lowest BCUT2D eigenvalue weighted by atomic mass is 9.91. The fraction of sp³-hybridized carbons (Fsp3) is 0.440. The van der Waals surface area contributed by atoms with Gasteiger partial charge in [0.2, 0.25) is 5.95 Å². The van der Waals surface area contributed by atoms with Gasteiger partial charge in [-0.3, -0.25) is 0 Å². The van der Waals surface area contributed by atoms with Gasteiger partial charge in [-0.05, 0) is 64.7 Å². The average Bonchev–Trinajstić information content (AvgIpc) is 2.80. The molecule has 1 amide bonds. The lowest BCUT2D eigenvalue weighted by Crippen LogP contribution is -2.42. The van der Waals surface area contributed by atoms with Crippen LogP contribution in [0.25, 0.3) is 22.3 Å². The van der Waals surface area contributed by atoms with E-state index in [0.717, 1.165) is 31.7 Å². The molecule has 1 aliphatic rings. The molecule has 0 bridgehead atoms. The zero-order valence-corrected chi connectivity index (χ0v) is 20.3. The van der Waals surface area contributed by atoms with Crippen molar-refractivity contribution < 1.29 is 22.7 Å². The Morgan fingerprint density at radius 1 is 1.11 bits per heavy atom. The molecule has 3 aromatic rings. The SMILES string of the molecule is CC(C)(C)OC(=O)NC1CCC(Nc2ncc3nc(-c4ccc(N)c(F)c4)cc(C(F)F)c3n2)CC1. The minimum Gasteiger partial charge on any atom is -0.444 e. The quantitative estimate of drug-likeness (QED) is 0.389. The molecule has 0 aliphatic heterocycles. The topological polar surface area (TPSA) is 115 Å². The number of nitrogen functional groups attached to an aromatic ring is 1. The van der Waals surface area contributed by atoms with Crippen LogP contribution >= 0.6 is 0 Å². The van der Waals surface area contributed by atoms with Crippen LogP contribution in [-0.4, -0.2) is 38.7 Å². The number of hydrogen-bond acceptors (Lipinski definition) is 7. The summed E-state index contributed by atoms with van der Waals surface area (Å²) in [6, 6.07) is 5.28. The summed E-state index contributed by atoms with van der Waals surface area (Å²) < 4.78 is 47.1. The molecule has 0 unspecified atom stereocenters. The lowest BCUT2D eigenvalue weighted by Gasteiger charge is -2.30. The molecule has 0 radical (unpaired) electrons. The number of nitrogens with zero attached hydrogens (tertiary/aromatic N) is 3. The molecular weight excluding hydrogens is 473 g/mol. The number of anilines is 2. The number of hydrogen-bond donors (Lipinski definition) is 3. The summed E-state index contributed by atoms with van der Waals surface area (Å²) in [5, 5.41) is 6.10. The minimum atomic E-state index is -2.81. The highest BCUT2D eigenvalue weighted by molar-refractivity contribution is 5.82. The number of benzene rings is 1. The van der Waals surface area contributed by atoms with E-state index in [1.807, 2.05) is 20.8 Å². The highest BCUT2D eigenvalue weighted by atomic mass is 19.3. The summed E-state index contributed by atoms with van der Waals surface area (Å²) in [5.74, 6) is -0.430. The molecule has 11 heteroatoms. The third kappa shape index (κ3) is 6.13. The largest absolute Gasteiger partial charge is 0.444 e. The van der Waals surface area contributed by atoms with Gasteiger partial charge in [-0.15, -0.1) is 0 Å². The number of alkyl carbamates (subject to hydrolysis) is 1. The molecule has 4 rings (SSSR count). The van der Waals surface area contributed by atoms with Gasteiger partial charge in [0.25, 0.3) is 6.43 Å². The normalized spacial score (nSPS) is 18.3. The van der Waals surface area contributed by atoms with E-state index in [-0.39, 0.29) is 46.0 Å². The van der Waals surface area contributed by atoms with Crippen LogP contribution < -0.4 is 16.4 Å². The van der Waals surface area contributed by atoms with Crippen LogP contribution in [-0.2, 0) is 4.74 Å². The Labute approximate surface area is 206 Å². The van der Waals surface area contributed by atoms with E-state index < -0.39 is 23.9 Å². The van der Waals surface area contributed by atoms with Gasteiger partial charge in [0.15, 0.2) is 0 Å². The molecule has 1 aliphatic carbocycles. The molecule has 0 atom stereocenters. The monoisotopic (exact) mass is 502 g/mol. The average molecular weight is 503 g/mol. The summed E-state index contributed by atoms with van der Waals surface area (Å²) in [7, 11) is 0. The number of pyridine rings is 1. The first-order valence-electron chi connectivity index (χ1n) is 11.8. The van der Waals surface area contributed by atoms with Gasteiger partial charge in [0.1, 0.15) is 22.5 Å². The highest BCUT2D eigenvalue weighted by Crippen LogP contribution is 2.32. The van der Waals surface area contributed by atoms with Crippen LogP contribution in [0.4, 0.5) is 29.6 Å².